The maximum atomic E-state index is 11.0. The molecule has 1 aromatic rings. The molecule has 1 aliphatic heterocycles. The average molecular weight is 202 g/mol. The molecule has 78 valence electrons. The van der Waals surface area contributed by atoms with Crippen LogP contribution in [0.25, 0.3) is 0 Å². The monoisotopic (exact) mass is 202 g/mol. The molecule has 0 bridgehead atoms. The Balaban J connectivity index is 1.94. The van der Waals surface area contributed by atoms with Crippen molar-refractivity contribution >= 4 is 5.97 Å². The third kappa shape index (κ3) is 2.46. The van der Waals surface area contributed by atoms with Gasteiger partial charge in [0, 0.05) is 0 Å². The zero-order valence-corrected chi connectivity index (χ0v) is 8.82. The predicted molar refractivity (Wildman–Crippen MR) is 58.2 cm³/mol. The van der Waals surface area contributed by atoms with Crippen LogP contribution in [0.1, 0.15) is 25.3 Å². The summed E-state index contributed by atoms with van der Waals surface area (Å²) in [5.41, 5.74) is 2.45. The summed E-state index contributed by atoms with van der Waals surface area (Å²) in [5.74, 6) is 0.687. The highest BCUT2D eigenvalue weighted by Gasteiger charge is 2.19. The van der Waals surface area contributed by atoms with Crippen molar-refractivity contribution in [1.29, 1.82) is 0 Å². The molecule has 1 aliphatic rings. The highest BCUT2D eigenvalue weighted by atomic mass is 16.5. The van der Waals surface area contributed by atoms with Gasteiger partial charge in [-0.15, -0.1) is 0 Å². The van der Waals surface area contributed by atoms with Crippen LogP contribution >= 0.6 is 0 Å². The van der Waals surface area contributed by atoms with Crippen LogP contribution in [0.3, 0.4) is 0 Å². The Morgan fingerprint density at radius 3 is 2.53 bits per heavy atom. The van der Waals surface area contributed by atoms with Crippen LogP contribution in [-0.4, -0.2) is 5.97 Å². The summed E-state index contributed by atoms with van der Waals surface area (Å²) < 4.78 is 5.00. The summed E-state index contributed by atoms with van der Waals surface area (Å²) >= 11 is 0. The number of benzene rings is 1. The summed E-state index contributed by atoms with van der Waals surface area (Å²) in [6.45, 7) is 1.87. The van der Waals surface area contributed by atoms with Crippen molar-refractivity contribution in [2.45, 2.75) is 26.2 Å². The van der Waals surface area contributed by atoms with Crippen molar-refractivity contribution in [3.05, 3.63) is 47.2 Å². The Morgan fingerprint density at radius 1 is 1.20 bits per heavy atom. The molecule has 0 fully saturated rings. The van der Waals surface area contributed by atoms with Gasteiger partial charge in [0.05, 0.1) is 6.42 Å². The quantitative estimate of drug-likeness (QED) is 0.704. The van der Waals surface area contributed by atoms with Crippen LogP contribution in [0.4, 0.5) is 0 Å². The van der Waals surface area contributed by atoms with Gasteiger partial charge in [-0.2, -0.15) is 0 Å². The van der Waals surface area contributed by atoms with E-state index in [4.69, 9.17) is 4.74 Å². The van der Waals surface area contributed by atoms with Gasteiger partial charge < -0.3 is 4.74 Å². The predicted octanol–water partition coefficient (Wildman–Crippen LogP) is 2.84. The van der Waals surface area contributed by atoms with E-state index in [9.17, 15) is 4.79 Å². The van der Waals surface area contributed by atoms with Crippen LogP contribution in [-0.2, 0) is 16.0 Å². The lowest BCUT2D eigenvalue weighted by atomic mass is 10.0. The van der Waals surface area contributed by atoms with Gasteiger partial charge in [-0.05, 0) is 30.9 Å². The third-order valence-corrected chi connectivity index (χ3v) is 2.68. The van der Waals surface area contributed by atoms with E-state index in [-0.39, 0.29) is 5.97 Å². The zero-order chi connectivity index (χ0) is 10.7. The number of cyclic esters (lactones) is 1. The molecule has 0 aliphatic carbocycles. The molecule has 0 radical (unpaired) electrons. The number of ether oxygens (including phenoxy) is 1. The van der Waals surface area contributed by atoms with Gasteiger partial charge >= 0.3 is 5.97 Å². The van der Waals surface area contributed by atoms with Crippen LogP contribution in [0.15, 0.2) is 41.7 Å². The lowest BCUT2D eigenvalue weighted by Crippen LogP contribution is -1.92. The highest BCUT2D eigenvalue weighted by Crippen LogP contribution is 2.24. The van der Waals surface area contributed by atoms with Gasteiger partial charge in [0.1, 0.15) is 5.76 Å². The molecule has 0 N–H and O–H groups in total. The van der Waals surface area contributed by atoms with Gasteiger partial charge in [-0.3, -0.25) is 4.79 Å². The first-order valence-electron chi connectivity index (χ1n) is 5.19. The van der Waals surface area contributed by atoms with Crippen LogP contribution < -0.4 is 0 Å². The Hall–Kier alpha value is -1.57. The Kier molecular flexibility index (Phi) is 2.86. The molecule has 0 saturated heterocycles. The number of aryl methyl sites for hydroxylation is 1. The number of allylic oxidation sites excluding steroid dienone is 1. The fourth-order valence-corrected chi connectivity index (χ4v) is 1.78. The molecule has 1 aromatic carbocycles. The minimum atomic E-state index is -0.115. The first kappa shape index (κ1) is 9.97. The fraction of sp³-hybridized carbons (Fsp3) is 0.308. The van der Waals surface area contributed by atoms with Gasteiger partial charge in [0.25, 0.3) is 0 Å². The SMILES string of the molecule is CC1=C(CCc2ccccc2)CC(=O)O1. The van der Waals surface area contributed by atoms with E-state index in [1.165, 1.54) is 5.56 Å². The second kappa shape index (κ2) is 4.30. The number of carbonyl (C=O) groups excluding carboxylic acids is 1. The number of rotatable bonds is 3. The normalized spacial score (nSPS) is 15.7. The molecule has 15 heavy (non-hydrogen) atoms. The smallest absolute Gasteiger partial charge is 0.315 e. The van der Waals surface area contributed by atoms with Gasteiger partial charge in [-0.1, -0.05) is 30.3 Å². The number of hydrogen-bond acceptors (Lipinski definition) is 2. The first-order chi connectivity index (χ1) is 7.25. The van der Waals surface area contributed by atoms with Crippen molar-refractivity contribution in [3.63, 3.8) is 0 Å². The molecule has 0 saturated carbocycles. The second-order valence-corrected chi connectivity index (χ2v) is 3.80. The largest absolute Gasteiger partial charge is 0.431 e. The standard InChI is InChI=1S/C13H14O2/c1-10-12(9-13(14)15-10)8-7-11-5-3-2-4-6-11/h2-6H,7-9H2,1H3. The molecule has 0 unspecified atom stereocenters. The summed E-state index contributed by atoms with van der Waals surface area (Å²) in [6, 6.07) is 10.3. The molecule has 1 heterocycles. The van der Waals surface area contributed by atoms with Crippen molar-refractivity contribution in [2.24, 2.45) is 0 Å². The molecular formula is C13H14O2. The van der Waals surface area contributed by atoms with E-state index in [2.05, 4.69) is 12.1 Å². The maximum Gasteiger partial charge on any atom is 0.315 e. The lowest BCUT2D eigenvalue weighted by Gasteiger charge is -2.01. The summed E-state index contributed by atoms with van der Waals surface area (Å²) in [6.07, 6.45) is 2.37. The number of carbonyl (C=O) groups is 1. The molecule has 2 heteroatoms. The van der Waals surface area contributed by atoms with Crippen molar-refractivity contribution < 1.29 is 9.53 Å². The van der Waals surface area contributed by atoms with Crippen molar-refractivity contribution in [1.82, 2.24) is 0 Å². The molecular weight excluding hydrogens is 188 g/mol. The minimum Gasteiger partial charge on any atom is -0.431 e. The van der Waals surface area contributed by atoms with Gasteiger partial charge in [0.15, 0.2) is 0 Å². The van der Waals surface area contributed by atoms with E-state index in [1.54, 1.807) is 0 Å². The van der Waals surface area contributed by atoms with E-state index >= 15 is 0 Å². The van der Waals surface area contributed by atoms with Gasteiger partial charge in [0.2, 0.25) is 0 Å². The summed E-state index contributed by atoms with van der Waals surface area (Å²) in [4.78, 5) is 11.0. The topological polar surface area (TPSA) is 26.3 Å². The Morgan fingerprint density at radius 2 is 1.93 bits per heavy atom. The van der Waals surface area contributed by atoms with E-state index in [0.29, 0.717) is 6.42 Å². The second-order valence-electron chi connectivity index (χ2n) is 3.80. The molecule has 0 aromatic heterocycles. The summed E-state index contributed by atoms with van der Waals surface area (Å²) in [7, 11) is 0. The van der Waals surface area contributed by atoms with Crippen LogP contribution in [0, 0.1) is 0 Å². The first-order valence-corrected chi connectivity index (χ1v) is 5.19. The van der Waals surface area contributed by atoms with E-state index in [0.717, 1.165) is 24.2 Å². The molecule has 0 spiro atoms. The molecule has 2 nitrogen and oxygen atoms in total. The van der Waals surface area contributed by atoms with E-state index in [1.807, 2.05) is 25.1 Å². The maximum absolute atomic E-state index is 11.0. The zero-order valence-electron chi connectivity index (χ0n) is 8.82. The number of hydrogen-bond donors (Lipinski definition) is 0. The highest BCUT2D eigenvalue weighted by molar-refractivity contribution is 5.76. The van der Waals surface area contributed by atoms with Gasteiger partial charge in [-0.25, -0.2) is 0 Å². The Labute approximate surface area is 89.6 Å². The van der Waals surface area contributed by atoms with Crippen molar-refractivity contribution in [2.75, 3.05) is 0 Å². The van der Waals surface area contributed by atoms with Crippen LogP contribution in [0.5, 0.6) is 0 Å². The lowest BCUT2D eigenvalue weighted by molar-refractivity contribution is -0.136. The third-order valence-electron chi connectivity index (χ3n) is 2.68. The van der Waals surface area contributed by atoms with Crippen LogP contribution in [0.2, 0.25) is 0 Å². The van der Waals surface area contributed by atoms with Crippen molar-refractivity contribution in [3.8, 4) is 0 Å². The number of esters is 1. The molecule has 2 rings (SSSR count). The fourth-order valence-electron chi connectivity index (χ4n) is 1.78. The van der Waals surface area contributed by atoms with E-state index < -0.39 is 0 Å². The Bertz CT molecular complexity index is 390. The molecule has 0 atom stereocenters. The summed E-state index contributed by atoms with van der Waals surface area (Å²) in [5, 5.41) is 0. The average Bonchev–Trinajstić information content (AvgIpc) is 2.56. The minimum absolute atomic E-state index is 0.115. The molecule has 0 amide bonds.